The maximum atomic E-state index is 14.0. The number of aryl methyl sites for hydroxylation is 1. The monoisotopic (exact) mass is 717 g/mol. The molecule has 0 fully saturated rings. The smallest absolute Gasteiger partial charge is 0.315 e. The molecule has 52 heavy (non-hydrogen) atoms. The summed E-state index contributed by atoms with van der Waals surface area (Å²) in [5, 5.41) is 24.9. The van der Waals surface area contributed by atoms with Crippen LogP contribution in [0, 0.1) is 17.5 Å². The second-order valence-electron chi connectivity index (χ2n) is 12.8. The Kier molecular flexibility index (Phi) is 13.7. The van der Waals surface area contributed by atoms with Crippen LogP contribution in [-0.4, -0.2) is 48.2 Å². The molecule has 3 aromatic heterocycles. The van der Waals surface area contributed by atoms with Gasteiger partial charge in [0.25, 0.3) is 11.8 Å². The van der Waals surface area contributed by atoms with Crippen molar-refractivity contribution in [3.63, 3.8) is 0 Å². The van der Waals surface area contributed by atoms with Gasteiger partial charge in [0.05, 0.1) is 11.1 Å². The Labute approximate surface area is 302 Å². The van der Waals surface area contributed by atoms with Crippen molar-refractivity contribution in [3.05, 3.63) is 95.1 Å². The van der Waals surface area contributed by atoms with Gasteiger partial charge >= 0.3 is 12.0 Å². The van der Waals surface area contributed by atoms with Crippen LogP contribution in [0.2, 0.25) is 0 Å². The first-order valence-electron chi connectivity index (χ1n) is 17.2. The van der Waals surface area contributed by atoms with Crippen LogP contribution >= 0.6 is 0 Å². The Bertz CT molecular complexity index is 2020. The molecule has 0 amide bonds. The standard InChI is InChI=1S/C13H15F2N3O.C13H16FN3O.C12H15N3/c1-4-16-13-18-17-12(19-13)9-6-10(14)8(7(2)3)5-11(9)15;1-4-15-13-17-16-12(18-13)10-6-5-9(8(2)3)7-11(10)14;1-9(2)10-4-6-11(7-5-10)12-13-8-15(3)14-12/h5-7H,4H2,1-3H3,(H,16,18);5-8H,4H2,1-3H3,(H,15,17);4-9H,1-3H3. The number of anilines is 2. The van der Waals surface area contributed by atoms with Gasteiger partial charge in [0, 0.05) is 25.7 Å². The SMILES string of the molecule is CC(C)c1ccc(-c2ncn(C)n2)cc1.CCNc1nnc(-c2cc(F)c(C(C)C)cc2F)o1.CCNc1nnc(-c2ccc(C(C)C)cc2F)o1. The normalized spacial score (nSPS) is 11.0. The van der Waals surface area contributed by atoms with E-state index in [-0.39, 0.29) is 41.0 Å². The third-order valence-corrected chi connectivity index (χ3v) is 7.77. The highest BCUT2D eigenvalue weighted by Gasteiger charge is 2.18. The zero-order valence-corrected chi connectivity index (χ0v) is 31.0. The van der Waals surface area contributed by atoms with E-state index >= 15 is 0 Å². The number of hydrogen-bond donors (Lipinski definition) is 2. The molecule has 276 valence electrons. The van der Waals surface area contributed by atoms with Crippen LogP contribution in [0.15, 0.2) is 69.8 Å². The number of rotatable bonds is 10. The summed E-state index contributed by atoms with van der Waals surface area (Å²) >= 11 is 0. The van der Waals surface area contributed by atoms with E-state index in [1.165, 1.54) is 17.7 Å². The van der Waals surface area contributed by atoms with Crippen molar-refractivity contribution in [1.82, 2.24) is 35.2 Å². The molecule has 0 aliphatic carbocycles. The number of nitrogens with one attached hydrogen (secondary N) is 2. The fourth-order valence-electron chi connectivity index (χ4n) is 4.83. The van der Waals surface area contributed by atoms with E-state index in [2.05, 4.69) is 79.2 Å². The molecule has 0 saturated heterocycles. The average molecular weight is 718 g/mol. The van der Waals surface area contributed by atoms with Crippen LogP contribution < -0.4 is 10.6 Å². The van der Waals surface area contributed by atoms with E-state index in [4.69, 9.17) is 8.83 Å². The topological polar surface area (TPSA) is 133 Å². The molecule has 3 aromatic carbocycles. The Morgan fingerprint density at radius 2 is 1.17 bits per heavy atom. The lowest BCUT2D eigenvalue weighted by molar-refractivity contribution is 0.555. The first-order chi connectivity index (χ1) is 24.8. The van der Waals surface area contributed by atoms with Crippen molar-refractivity contribution < 1.29 is 22.0 Å². The molecule has 0 aliphatic heterocycles. The highest BCUT2D eigenvalue weighted by atomic mass is 19.1. The van der Waals surface area contributed by atoms with Gasteiger partial charge in [-0.25, -0.2) is 18.2 Å². The van der Waals surface area contributed by atoms with Gasteiger partial charge < -0.3 is 19.5 Å². The highest BCUT2D eigenvalue weighted by Crippen LogP contribution is 2.29. The summed E-state index contributed by atoms with van der Waals surface area (Å²) in [6.45, 7) is 17.1. The lowest BCUT2D eigenvalue weighted by Crippen LogP contribution is -1.97. The second kappa shape index (κ2) is 18.1. The Morgan fingerprint density at radius 3 is 1.65 bits per heavy atom. The summed E-state index contributed by atoms with van der Waals surface area (Å²) in [4.78, 5) is 4.21. The van der Waals surface area contributed by atoms with Crippen LogP contribution in [-0.2, 0) is 7.05 Å². The third-order valence-electron chi connectivity index (χ3n) is 7.77. The minimum atomic E-state index is -0.572. The Balaban J connectivity index is 0.000000176. The molecule has 3 heterocycles. The minimum absolute atomic E-state index is 0.0291. The van der Waals surface area contributed by atoms with E-state index in [1.807, 2.05) is 40.8 Å². The van der Waals surface area contributed by atoms with Crippen molar-refractivity contribution in [2.24, 2.45) is 7.05 Å². The van der Waals surface area contributed by atoms with Crippen molar-refractivity contribution in [2.75, 3.05) is 23.7 Å². The molecular weight excluding hydrogens is 671 g/mol. The summed E-state index contributed by atoms with van der Waals surface area (Å²) in [6, 6.07) is 16.2. The second-order valence-corrected chi connectivity index (χ2v) is 12.8. The number of benzene rings is 3. The van der Waals surface area contributed by atoms with Gasteiger partial charge in [-0.1, -0.05) is 82.1 Å². The van der Waals surface area contributed by atoms with Gasteiger partial charge in [0.2, 0.25) is 0 Å². The first-order valence-corrected chi connectivity index (χ1v) is 17.2. The van der Waals surface area contributed by atoms with E-state index in [0.717, 1.165) is 23.0 Å². The van der Waals surface area contributed by atoms with Crippen molar-refractivity contribution in [3.8, 4) is 34.3 Å². The molecule has 2 N–H and O–H groups in total. The van der Waals surface area contributed by atoms with Gasteiger partial charge in [-0.3, -0.25) is 4.68 Å². The predicted molar refractivity (Wildman–Crippen MR) is 196 cm³/mol. The van der Waals surface area contributed by atoms with E-state index in [9.17, 15) is 13.2 Å². The molecule has 0 bridgehead atoms. The van der Waals surface area contributed by atoms with Gasteiger partial charge in [0.15, 0.2) is 5.82 Å². The van der Waals surface area contributed by atoms with Crippen molar-refractivity contribution in [1.29, 1.82) is 0 Å². The maximum Gasteiger partial charge on any atom is 0.315 e. The maximum absolute atomic E-state index is 14.0. The summed E-state index contributed by atoms with van der Waals surface area (Å²) in [7, 11) is 1.87. The van der Waals surface area contributed by atoms with Gasteiger partial charge in [-0.15, -0.1) is 10.2 Å². The number of nitrogens with zero attached hydrogens (tertiary/aromatic N) is 7. The zero-order chi connectivity index (χ0) is 37.9. The third kappa shape index (κ3) is 10.3. The van der Waals surface area contributed by atoms with Gasteiger partial charge in [-0.2, -0.15) is 5.10 Å². The predicted octanol–water partition coefficient (Wildman–Crippen LogP) is 9.61. The minimum Gasteiger partial charge on any atom is -0.403 e. The summed E-state index contributed by atoms with van der Waals surface area (Å²) in [5.41, 5.74) is 3.99. The largest absolute Gasteiger partial charge is 0.403 e. The van der Waals surface area contributed by atoms with Crippen molar-refractivity contribution >= 4 is 12.0 Å². The fourth-order valence-corrected chi connectivity index (χ4v) is 4.83. The number of halogens is 3. The molecule has 0 saturated carbocycles. The molecule has 0 radical (unpaired) electrons. The molecular formula is C38H46F3N9O2. The molecule has 0 unspecified atom stereocenters. The number of aromatic nitrogens is 7. The van der Waals surface area contributed by atoms with Crippen LogP contribution in [0.1, 0.15) is 89.8 Å². The van der Waals surface area contributed by atoms with Gasteiger partial charge in [-0.05, 0) is 72.6 Å². The number of hydrogen-bond acceptors (Lipinski definition) is 10. The quantitative estimate of drug-likeness (QED) is 0.141. The van der Waals surface area contributed by atoms with Crippen LogP contribution in [0.4, 0.5) is 25.2 Å². The van der Waals surface area contributed by atoms with Gasteiger partial charge in [0.1, 0.15) is 23.8 Å². The molecule has 0 atom stereocenters. The average Bonchev–Trinajstić information content (AvgIpc) is 3.88. The molecule has 0 aliphatic rings. The lowest BCUT2D eigenvalue weighted by Gasteiger charge is -2.08. The molecule has 0 spiro atoms. The Hall–Kier alpha value is -5.53. The zero-order valence-electron chi connectivity index (χ0n) is 31.0. The van der Waals surface area contributed by atoms with Crippen molar-refractivity contribution in [2.45, 2.75) is 73.1 Å². The van der Waals surface area contributed by atoms with E-state index in [1.54, 1.807) is 30.9 Å². The van der Waals surface area contributed by atoms with Crippen LogP contribution in [0.5, 0.6) is 0 Å². The molecule has 14 heteroatoms. The lowest BCUT2D eigenvalue weighted by atomic mass is 10.0. The van der Waals surface area contributed by atoms with E-state index < -0.39 is 11.6 Å². The molecule has 11 nitrogen and oxygen atoms in total. The van der Waals surface area contributed by atoms with Crippen LogP contribution in [0.3, 0.4) is 0 Å². The highest BCUT2D eigenvalue weighted by molar-refractivity contribution is 5.57. The van der Waals surface area contributed by atoms with E-state index in [0.29, 0.717) is 36.1 Å². The first kappa shape index (κ1) is 39.3. The molecule has 6 rings (SSSR count). The Morgan fingerprint density at radius 1 is 0.635 bits per heavy atom. The van der Waals surface area contributed by atoms with Crippen LogP contribution in [0.25, 0.3) is 34.3 Å². The summed E-state index contributed by atoms with van der Waals surface area (Å²) in [6.07, 6.45) is 1.71. The summed E-state index contributed by atoms with van der Waals surface area (Å²) < 4.78 is 54.0. The fraction of sp³-hybridized carbons (Fsp3) is 0.368. The molecule has 6 aromatic rings. The summed E-state index contributed by atoms with van der Waals surface area (Å²) in [5.74, 6) is 0.307.